The fourth-order valence-corrected chi connectivity index (χ4v) is 3.85. The molecule has 0 N–H and O–H groups in total. The Hall–Kier alpha value is -2.24. The summed E-state index contributed by atoms with van der Waals surface area (Å²) in [6.45, 7) is 6.44. The molecule has 142 valence electrons. The second kappa shape index (κ2) is 7.56. The predicted molar refractivity (Wildman–Crippen MR) is 98.3 cm³/mol. The summed E-state index contributed by atoms with van der Waals surface area (Å²) in [7, 11) is 1.74. The van der Waals surface area contributed by atoms with Crippen LogP contribution in [0.15, 0.2) is 18.2 Å². The molecule has 26 heavy (non-hydrogen) atoms. The smallest absolute Gasteiger partial charge is 0.410 e. The normalized spacial score (nSPS) is 22.2. The van der Waals surface area contributed by atoms with Crippen molar-refractivity contribution in [3.05, 3.63) is 29.3 Å². The van der Waals surface area contributed by atoms with Crippen molar-refractivity contribution in [1.29, 1.82) is 0 Å². The number of hydrogen-bond donors (Lipinski definition) is 0. The van der Waals surface area contributed by atoms with Gasteiger partial charge in [-0.05, 0) is 43.9 Å². The van der Waals surface area contributed by atoms with Crippen LogP contribution in [0.25, 0.3) is 0 Å². The zero-order valence-corrected chi connectivity index (χ0v) is 15.9. The quantitative estimate of drug-likeness (QED) is 0.783. The number of benzene rings is 1. The summed E-state index contributed by atoms with van der Waals surface area (Å²) in [5.41, 5.74) is 1.86. The molecule has 1 spiro atoms. The molecule has 0 aromatic heterocycles. The number of likely N-dealkylation sites (tertiary alicyclic amines) is 1. The predicted octanol–water partition coefficient (Wildman–Crippen LogP) is 2.77. The van der Waals surface area contributed by atoms with E-state index < -0.39 is 5.60 Å². The first-order valence-corrected chi connectivity index (χ1v) is 9.37. The number of nitrogens with zero attached hydrogens (tertiary/aromatic N) is 2. The van der Waals surface area contributed by atoms with E-state index in [1.807, 2.05) is 24.8 Å². The SMILES string of the molecule is CCOc1ccc(CCCC(=O)N2CC[C@]3(CN(C)C(=O)O3)C2)cc1C. The highest BCUT2D eigenvalue weighted by Gasteiger charge is 2.49. The monoisotopic (exact) mass is 360 g/mol. The number of aryl methyl sites for hydroxylation is 2. The average molecular weight is 360 g/mol. The standard InChI is InChI=1S/C20H28N2O4/c1-4-25-17-9-8-16(12-15(17)2)6-5-7-18(23)22-11-10-20(14-22)13-21(3)19(24)26-20/h8-9,12H,4-7,10-11,13-14H2,1-3H3/t20-/m0/s1. The first kappa shape index (κ1) is 18.5. The van der Waals surface area contributed by atoms with E-state index in [1.54, 1.807) is 11.9 Å². The number of carbonyl (C=O) groups excluding carboxylic acids is 2. The van der Waals surface area contributed by atoms with Gasteiger partial charge in [0, 0.05) is 26.4 Å². The van der Waals surface area contributed by atoms with Crippen molar-refractivity contribution in [2.45, 2.75) is 45.1 Å². The van der Waals surface area contributed by atoms with Crippen LogP contribution in [-0.4, -0.2) is 60.7 Å². The molecule has 1 aromatic carbocycles. The fourth-order valence-electron chi connectivity index (χ4n) is 3.85. The summed E-state index contributed by atoms with van der Waals surface area (Å²) in [5.74, 6) is 1.07. The lowest BCUT2D eigenvalue weighted by atomic mass is 10.0. The molecule has 0 bridgehead atoms. The van der Waals surface area contributed by atoms with E-state index in [-0.39, 0.29) is 12.0 Å². The van der Waals surface area contributed by atoms with Gasteiger partial charge in [-0.2, -0.15) is 0 Å². The van der Waals surface area contributed by atoms with Gasteiger partial charge in [-0.25, -0.2) is 4.79 Å². The Labute approximate surface area is 155 Å². The van der Waals surface area contributed by atoms with Gasteiger partial charge in [-0.3, -0.25) is 4.79 Å². The molecule has 2 fully saturated rings. The van der Waals surface area contributed by atoms with Crippen molar-refractivity contribution in [3.63, 3.8) is 0 Å². The zero-order chi connectivity index (χ0) is 18.7. The van der Waals surface area contributed by atoms with Gasteiger partial charge in [-0.15, -0.1) is 0 Å². The number of ether oxygens (including phenoxy) is 2. The maximum absolute atomic E-state index is 12.5. The molecule has 6 heteroatoms. The van der Waals surface area contributed by atoms with Crippen LogP contribution < -0.4 is 4.74 Å². The largest absolute Gasteiger partial charge is 0.494 e. The molecule has 2 aliphatic heterocycles. The molecular weight excluding hydrogens is 332 g/mol. The van der Waals surface area contributed by atoms with Crippen molar-refractivity contribution in [2.75, 3.05) is 33.3 Å². The third kappa shape index (κ3) is 3.94. The van der Waals surface area contributed by atoms with Crippen LogP contribution in [0.4, 0.5) is 4.79 Å². The van der Waals surface area contributed by atoms with E-state index in [1.165, 1.54) is 5.56 Å². The van der Waals surface area contributed by atoms with Crippen LogP contribution in [-0.2, 0) is 16.0 Å². The Bertz CT molecular complexity index is 690. The number of rotatable bonds is 6. The molecule has 1 atom stereocenters. The first-order chi connectivity index (χ1) is 12.4. The van der Waals surface area contributed by atoms with Gasteiger partial charge in [0.2, 0.25) is 5.91 Å². The van der Waals surface area contributed by atoms with Crippen LogP contribution in [0.3, 0.4) is 0 Å². The van der Waals surface area contributed by atoms with Gasteiger partial charge < -0.3 is 19.3 Å². The summed E-state index contributed by atoms with van der Waals surface area (Å²) in [6.07, 6.45) is 2.65. The number of amides is 2. The van der Waals surface area contributed by atoms with Crippen LogP contribution >= 0.6 is 0 Å². The topological polar surface area (TPSA) is 59.1 Å². The van der Waals surface area contributed by atoms with Crippen molar-refractivity contribution >= 4 is 12.0 Å². The van der Waals surface area contributed by atoms with Crippen molar-refractivity contribution in [1.82, 2.24) is 9.80 Å². The van der Waals surface area contributed by atoms with Crippen molar-refractivity contribution < 1.29 is 19.1 Å². The van der Waals surface area contributed by atoms with Gasteiger partial charge in [0.05, 0.1) is 19.7 Å². The molecule has 2 heterocycles. The molecular formula is C20H28N2O4. The maximum Gasteiger partial charge on any atom is 0.410 e. The third-order valence-electron chi connectivity index (χ3n) is 5.21. The first-order valence-electron chi connectivity index (χ1n) is 9.37. The Kier molecular flexibility index (Phi) is 5.39. The lowest BCUT2D eigenvalue weighted by molar-refractivity contribution is -0.131. The minimum atomic E-state index is -0.492. The van der Waals surface area contributed by atoms with Crippen LogP contribution in [0, 0.1) is 6.92 Å². The number of hydrogen-bond acceptors (Lipinski definition) is 4. The highest BCUT2D eigenvalue weighted by molar-refractivity contribution is 5.77. The highest BCUT2D eigenvalue weighted by Crippen LogP contribution is 2.32. The summed E-state index contributed by atoms with van der Waals surface area (Å²) in [4.78, 5) is 27.5. The van der Waals surface area contributed by atoms with Crippen LogP contribution in [0.1, 0.15) is 37.3 Å². The van der Waals surface area contributed by atoms with Gasteiger partial charge in [-0.1, -0.05) is 12.1 Å². The lowest BCUT2D eigenvalue weighted by Gasteiger charge is -2.21. The minimum absolute atomic E-state index is 0.148. The molecule has 0 unspecified atom stereocenters. The lowest BCUT2D eigenvalue weighted by Crippen LogP contribution is -2.39. The second-order valence-corrected chi connectivity index (χ2v) is 7.36. The molecule has 0 radical (unpaired) electrons. The molecule has 2 saturated heterocycles. The summed E-state index contributed by atoms with van der Waals surface area (Å²) in [6, 6.07) is 6.21. The Morgan fingerprint density at radius 3 is 2.81 bits per heavy atom. The molecule has 0 saturated carbocycles. The van der Waals surface area contributed by atoms with E-state index in [4.69, 9.17) is 9.47 Å². The van der Waals surface area contributed by atoms with Crippen LogP contribution in [0.2, 0.25) is 0 Å². The molecule has 0 aliphatic carbocycles. The highest BCUT2D eigenvalue weighted by atomic mass is 16.6. The number of likely N-dealkylation sites (N-methyl/N-ethyl adjacent to an activating group) is 1. The maximum atomic E-state index is 12.5. The Morgan fingerprint density at radius 1 is 1.35 bits per heavy atom. The summed E-state index contributed by atoms with van der Waals surface area (Å²) in [5, 5.41) is 0. The van der Waals surface area contributed by atoms with E-state index in [2.05, 4.69) is 12.1 Å². The summed E-state index contributed by atoms with van der Waals surface area (Å²) < 4.78 is 11.1. The van der Waals surface area contributed by atoms with Crippen LogP contribution in [0.5, 0.6) is 5.75 Å². The van der Waals surface area contributed by atoms with E-state index in [0.29, 0.717) is 32.7 Å². The van der Waals surface area contributed by atoms with E-state index in [0.717, 1.165) is 30.6 Å². The van der Waals surface area contributed by atoms with E-state index >= 15 is 0 Å². The van der Waals surface area contributed by atoms with Crippen molar-refractivity contribution in [2.24, 2.45) is 0 Å². The fraction of sp³-hybridized carbons (Fsp3) is 0.600. The molecule has 6 nitrogen and oxygen atoms in total. The van der Waals surface area contributed by atoms with E-state index in [9.17, 15) is 9.59 Å². The number of carbonyl (C=O) groups is 2. The third-order valence-corrected chi connectivity index (χ3v) is 5.21. The van der Waals surface area contributed by atoms with Gasteiger partial charge in [0.15, 0.2) is 5.60 Å². The summed E-state index contributed by atoms with van der Waals surface area (Å²) >= 11 is 0. The molecule has 2 aliphatic rings. The molecule has 1 aromatic rings. The average Bonchev–Trinajstić information content (AvgIpc) is 3.13. The molecule has 2 amide bonds. The Balaban J connectivity index is 1.46. The zero-order valence-electron chi connectivity index (χ0n) is 15.9. The van der Waals surface area contributed by atoms with Crippen molar-refractivity contribution in [3.8, 4) is 5.75 Å². The second-order valence-electron chi connectivity index (χ2n) is 7.36. The van der Waals surface area contributed by atoms with Gasteiger partial charge >= 0.3 is 6.09 Å². The molecule has 3 rings (SSSR count). The van der Waals surface area contributed by atoms with Gasteiger partial charge in [0.1, 0.15) is 5.75 Å². The Morgan fingerprint density at radius 2 is 2.15 bits per heavy atom. The van der Waals surface area contributed by atoms with Gasteiger partial charge in [0.25, 0.3) is 0 Å². The minimum Gasteiger partial charge on any atom is -0.494 e.